The number of carbonyl (C=O) groups excluding carboxylic acids is 2. The number of nitrogens with one attached hydrogen (secondary N) is 2. The van der Waals surface area contributed by atoms with Gasteiger partial charge in [-0.05, 0) is 54.8 Å². The van der Waals surface area contributed by atoms with Gasteiger partial charge in [-0.25, -0.2) is 4.79 Å². The van der Waals surface area contributed by atoms with E-state index in [0.717, 1.165) is 17.7 Å². The molecule has 2 aromatic rings. The van der Waals surface area contributed by atoms with Crippen molar-refractivity contribution in [2.45, 2.75) is 25.4 Å². The van der Waals surface area contributed by atoms with Crippen LogP contribution >= 0.6 is 11.6 Å². The average Bonchev–Trinajstić information content (AvgIpc) is 3.18. The van der Waals surface area contributed by atoms with Crippen LogP contribution in [0.25, 0.3) is 0 Å². The molecule has 1 aliphatic heterocycles. The van der Waals surface area contributed by atoms with Crippen molar-refractivity contribution in [2.75, 3.05) is 19.0 Å². The van der Waals surface area contributed by atoms with Crippen LogP contribution in [0.2, 0.25) is 5.02 Å². The van der Waals surface area contributed by atoms with E-state index in [9.17, 15) is 9.59 Å². The van der Waals surface area contributed by atoms with Crippen molar-refractivity contribution >= 4 is 29.2 Å². The molecule has 142 valence electrons. The van der Waals surface area contributed by atoms with Crippen LogP contribution in [0, 0.1) is 0 Å². The lowest BCUT2D eigenvalue weighted by molar-refractivity contribution is -0.124. The Morgan fingerprint density at radius 3 is 2.52 bits per heavy atom. The summed E-state index contributed by atoms with van der Waals surface area (Å²) in [5.74, 6) is 0.625. The Labute approximate surface area is 163 Å². The number of rotatable bonds is 5. The first-order chi connectivity index (χ1) is 13.1. The number of nitrogens with zero attached hydrogens (tertiary/aromatic N) is 1. The van der Waals surface area contributed by atoms with Crippen molar-refractivity contribution in [3.63, 3.8) is 0 Å². The maximum Gasteiger partial charge on any atom is 0.322 e. The van der Waals surface area contributed by atoms with Crippen LogP contribution in [0.15, 0.2) is 48.5 Å². The van der Waals surface area contributed by atoms with Crippen molar-refractivity contribution in [2.24, 2.45) is 0 Å². The molecule has 2 N–H and O–H groups in total. The van der Waals surface area contributed by atoms with Gasteiger partial charge < -0.3 is 20.3 Å². The van der Waals surface area contributed by atoms with E-state index in [1.54, 1.807) is 36.3 Å². The predicted octanol–water partition coefficient (Wildman–Crippen LogP) is 3.66. The number of hydrogen-bond donors (Lipinski definition) is 2. The quantitative estimate of drug-likeness (QED) is 0.822. The molecular weight excluding hydrogens is 366 g/mol. The van der Waals surface area contributed by atoms with E-state index in [-0.39, 0.29) is 11.9 Å². The van der Waals surface area contributed by atoms with Gasteiger partial charge in [0.2, 0.25) is 5.91 Å². The number of urea groups is 1. The topological polar surface area (TPSA) is 70.7 Å². The Morgan fingerprint density at radius 2 is 1.85 bits per heavy atom. The third kappa shape index (κ3) is 4.92. The zero-order valence-electron chi connectivity index (χ0n) is 15.1. The van der Waals surface area contributed by atoms with Gasteiger partial charge in [0.15, 0.2) is 0 Å². The Kier molecular flexibility index (Phi) is 6.19. The minimum Gasteiger partial charge on any atom is -0.497 e. The minimum atomic E-state index is -0.462. The molecule has 6 nitrogen and oxygen atoms in total. The molecule has 3 rings (SSSR count). The lowest BCUT2D eigenvalue weighted by Crippen LogP contribution is -2.47. The molecule has 2 aromatic carbocycles. The van der Waals surface area contributed by atoms with Crippen molar-refractivity contribution in [3.05, 3.63) is 59.1 Å². The fourth-order valence-electron chi connectivity index (χ4n) is 3.06. The smallest absolute Gasteiger partial charge is 0.322 e. The van der Waals surface area contributed by atoms with Gasteiger partial charge in [-0.3, -0.25) is 4.79 Å². The van der Waals surface area contributed by atoms with Crippen molar-refractivity contribution in [3.8, 4) is 5.75 Å². The SMILES string of the molecule is COc1ccc(CNC(=O)C2CCCN2C(=O)Nc2ccc(Cl)cc2)cc1. The Hall–Kier alpha value is -2.73. The van der Waals surface area contributed by atoms with Gasteiger partial charge in [0, 0.05) is 23.8 Å². The molecule has 0 bridgehead atoms. The molecule has 7 heteroatoms. The van der Waals surface area contributed by atoms with Crippen LogP contribution in [0.5, 0.6) is 5.75 Å². The van der Waals surface area contributed by atoms with Crippen molar-refractivity contribution < 1.29 is 14.3 Å². The Morgan fingerprint density at radius 1 is 1.15 bits per heavy atom. The highest BCUT2D eigenvalue weighted by atomic mass is 35.5. The second kappa shape index (κ2) is 8.77. The van der Waals surface area contributed by atoms with E-state index in [2.05, 4.69) is 10.6 Å². The Balaban J connectivity index is 1.56. The number of amides is 3. The molecule has 3 amide bonds. The van der Waals surface area contributed by atoms with Gasteiger partial charge in [0.1, 0.15) is 11.8 Å². The summed E-state index contributed by atoms with van der Waals surface area (Å²) in [6, 6.07) is 13.6. The maximum absolute atomic E-state index is 12.6. The zero-order chi connectivity index (χ0) is 19.2. The van der Waals surface area contributed by atoms with Gasteiger partial charge in [-0.2, -0.15) is 0 Å². The molecule has 1 aliphatic rings. The summed E-state index contributed by atoms with van der Waals surface area (Å²) in [4.78, 5) is 26.7. The second-order valence-corrected chi connectivity index (χ2v) is 6.79. The number of ether oxygens (including phenoxy) is 1. The molecule has 1 heterocycles. The molecular formula is C20H22ClN3O3. The van der Waals surface area contributed by atoms with E-state index < -0.39 is 6.04 Å². The average molecular weight is 388 g/mol. The molecule has 1 saturated heterocycles. The molecule has 0 saturated carbocycles. The summed E-state index contributed by atoms with van der Waals surface area (Å²) in [6.45, 7) is 0.964. The van der Waals surface area contributed by atoms with Crippen LogP contribution in [-0.2, 0) is 11.3 Å². The highest BCUT2D eigenvalue weighted by molar-refractivity contribution is 6.30. The summed E-state index contributed by atoms with van der Waals surface area (Å²) in [7, 11) is 1.61. The van der Waals surface area contributed by atoms with E-state index in [1.807, 2.05) is 24.3 Å². The predicted molar refractivity (Wildman–Crippen MR) is 105 cm³/mol. The number of halogens is 1. The molecule has 0 aromatic heterocycles. The van der Waals surface area contributed by atoms with Gasteiger partial charge in [0.05, 0.1) is 7.11 Å². The first kappa shape index (κ1) is 19.0. The fourth-order valence-corrected chi connectivity index (χ4v) is 3.19. The van der Waals surface area contributed by atoms with Crippen molar-refractivity contribution in [1.82, 2.24) is 10.2 Å². The standard InChI is InChI=1S/C20H22ClN3O3/c1-27-17-10-4-14(5-11-17)13-22-19(25)18-3-2-12-24(18)20(26)23-16-8-6-15(21)7-9-16/h4-11,18H,2-3,12-13H2,1H3,(H,22,25)(H,23,26). The molecule has 0 spiro atoms. The second-order valence-electron chi connectivity index (χ2n) is 6.35. The van der Waals surface area contributed by atoms with Crippen LogP contribution in [0.1, 0.15) is 18.4 Å². The molecule has 1 unspecified atom stereocenters. The molecule has 1 fully saturated rings. The van der Waals surface area contributed by atoms with Gasteiger partial charge in [-0.15, -0.1) is 0 Å². The van der Waals surface area contributed by atoms with E-state index >= 15 is 0 Å². The highest BCUT2D eigenvalue weighted by Crippen LogP contribution is 2.20. The van der Waals surface area contributed by atoms with Crippen LogP contribution < -0.4 is 15.4 Å². The lowest BCUT2D eigenvalue weighted by atomic mass is 10.2. The number of methoxy groups -OCH3 is 1. The number of anilines is 1. The van der Waals surface area contributed by atoms with E-state index in [1.165, 1.54) is 0 Å². The van der Waals surface area contributed by atoms with Crippen LogP contribution in [0.3, 0.4) is 0 Å². The van der Waals surface area contributed by atoms with E-state index in [0.29, 0.717) is 30.2 Å². The molecule has 0 radical (unpaired) electrons. The van der Waals surface area contributed by atoms with Gasteiger partial charge in [-0.1, -0.05) is 23.7 Å². The summed E-state index contributed by atoms with van der Waals surface area (Å²) in [5, 5.41) is 6.33. The normalized spacial score (nSPS) is 16.1. The number of likely N-dealkylation sites (tertiary alicyclic amines) is 1. The summed E-state index contributed by atoms with van der Waals surface area (Å²) >= 11 is 5.86. The molecule has 0 aliphatic carbocycles. The van der Waals surface area contributed by atoms with Crippen molar-refractivity contribution in [1.29, 1.82) is 0 Å². The lowest BCUT2D eigenvalue weighted by Gasteiger charge is -2.24. The molecule has 27 heavy (non-hydrogen) atoms. The van der Waals surface area contributed by atoms with Gasteiger partial charge in [0.25, 0.3) is 0 Å². The largest absolute Gasteiger partial charge is 0.497 e. The monoisotopic (exact) mass is 387 g/mol. The minimum absolute atomic E-state index is 0.144. The third-order valence-electron chi connectivity index (χ3n) is 4.54. The first-order valence-corrected chi connectivity index (χ1v) is 9.18. The number of carbonyl (C=O) groups is 2. The first-order valence-electron chi connectivity index (χ1n) is 8.80. The third-order valence-corrected chi connectivity index (χ3v) is 4.79. The highest BCUT2D eigenvalue weighted by Gasteiger charge is 2.34. The summed E-state index contributed by atoms with van der Waals surface area (Å²) < 4.78 is 5.13. The fraction of sp³-hybridized carbons (Fsp3) is 0.300. The Bertz CT molecular complexity index is 793. The summed E-state index contributed by atoms with van der Waals surface area (Å²) in [5.41, 5.74) is 1.62. The number of benzene rings is 2. The van der Waals surface area contributed by atoms with Crippen LogP contribution in [0.4, 0.5) is 10.5 Å². The zero-order valence-corrected chi connectivity index (χ0v) is 15.8. The number of hydrogen-bond acceptors (Lipinski definition) is 3. The summed E-state index contributed by atoms with van der Waals surface area (Å²) in [6.07, 6.45) is 1.46. The molecule has 1 atom stereocenters. The van der Waals surface area contributed by atoms with Crippen LogP contribution in [-0.4, -0.2) is 36.5 Å². The van der Waals surface area contributed by atoms with E-state index in [4.69, 9.17) is 16.3 Å². The maximum atomic E-state index is 12.6. The van der Waals surface area contributed by atoms with Gasteiger partial charge >= 0.3 is 6.03 Å².